The van der Waals surface area contributed by atoms with E-state index >= 15 is 0 Å². The summed E-state index contributed by atoms with van der Waals surface area (Å²) in [6, 6.07) is 1.89. The van der Waals surface area contributed by atoms with Gasteiger partial charge in [-0.2, -0.15) is 0 Å². The van der Waals surface area contributed by atoms with E-state index < -0.39 is 17.7 Å². The van der Waals surface area contributed by atoms with E-state index in [1.807, 2.05) is 0 Å². The zero-order valence-electron chi connectivity index (χ0n) is 8.55. The maximum atomic E-state index is 13.5. The quantitative estimate of drug-likeness (QED) is 0.657. The molecule has 0 fully saturated rings. The van der Waals surface area contributed by atoms with Crippen molar-refractivity contribution >= 4 is 28.3 Å². The Morgan fingerprint density at radius 3 is 2.62 bits per heavy atom. The fourth-order valence-corrected chi connectivity index (χ4v) is 1.67. The third-order valence-corrected chi connectivity index (χ3v) is 2.74. The molecule has 0 aromatic heterocycles. The molecule has 0 bridgehead atoms. The molecular weight excluding hydrogens is 299 g/mol. The summed E-state index contributed by atoms with van der Waals surface area (Å²) >= 11 is 3.00. The smallest absolute Gasteiger partial charge is 0.145 e. The molecule has 1 nitrogen and oxygen atoms in total. The molecule has 0 aliphatic rings. The first-order valence-electron chi connectivity index (χ1n) is 4.57. The maximum absolute atomic E-state index is 13.5. The van der Waals surface area contributed by atoms with Crippen molar-refractivity contribution in [3.8, 4) is 0 Å². The predicted octanol–water partition coefficient (Wildman–Crippen LogP) is 4.12. The highest BCUT2D eigenvalue weighted by Gasteiger charge is 2.18. The van der Waals surface area contributed by atoms with Crippen LogP contribution >= 0.6 is 28.3 Å². The van der Waals surface area contributed by atoms with E-state index in [4.69, 9.17) is 5.73 Å². The Balaban J connectivity index is 0.00000225. The summed E-state index contributed by atoms with van der Waals surface area (Å²) in [5.41, 5.74) is 5.64. The standard InChI is InChI=1S/C11H12BrF2N.ClH/c1-2-3-4-9(15)10-8(13)6-5-7(12)11(10)14;/h2,5-6,9H,1,3-4,15H2;1H/t9-;/m0./s1. The molecule has 0 spiro atoms. The second-order valence-corrected chi connectivity index (χ2v) is 4.08. The van der Waals surface area contributed by atoms with E-state index in [1.165, 1.54) is 12.1 Å². The van der Waals surface area contributed by atoms with Crippen LogP contribution in [0.4, 0.5) is 8.78 Å². The van der Waals surface area contributed by atoms with Crippen molar-refractivity contribution in [3.63, 3.8) is 0 Å². The lowest BCUT2D eigenvalue weighted by Crippen LogP contribution is -2.14. The van der Waals surface area contributed by atoms with Gasteiger partial charge in [0.25, 0.3) is 0 Å². The van der Waals surface area contributed by atoms with E-state index in [-0.39, 0.29) is 22.4 Å². The summed E-state index contributed by atoms with van der Waals surface area (Å²) in [6.07, 6.45) is 2.79. The van der Waals surface area contributed by atoms with Crippen LogP contribution in [0, 0.1) is 11.6 Å². The minimum atomic E-state index is -0.638. The molecule has 5 heteroatoms. The van der Waals surface area contributed by atoms with Gasteiger partial charge in [-0.1, -0.05) is 6.08 Å². The summed E-state index contributed by atoms with van der Waals surface area (Å²) in [7, 11) is 0. The lowest BCUT2D eigenvalue weighted by Gasteiger charge is -2.13. The van der Waals surface area contributed by atoms with Crippen LogP contribution < -0.4 is 5.73 Å². The topological polar surface area (TPSA) is 26.0 Å². The van der Waals surface area contributed by atoms with E-state index in [0.29, 0.717) is 12.8 Å². The largest absolute Gasteiger partial charge is 0.324 e. The first-order chi connectivity index (χ1) is 7.07. The average molecular weight is 313 g/mol. The van der Waals surface area contributed by atoms with Crippen LogP contribution in [-0.2, 0) is 0 Å². The van der Waals surface area contributed by atoms with Gasteiger partial charge < -0.3 is 5.73 Å². The van der Waals surface area contributed by atoms with Crippen LogP contribution in [0.15, 0.2) is 29.3 Å². The lowest BCUT2D eigenvalue weighted by atomic mass is 10.0. The molecule has 0 saturated carbocycles. The van der Waals surface area contributed by atoms with Crippen molar-refractivity contribution in [2.24, 2.45) is 5.73 Å². The van der Waals surface area contributed by atoms with Gasteiger partial charge in [0.1, 0.15) is 11.6 Å². The Bertz CT molecular complexity index is 371. The Morgan fingerprint density at radius 2 is 2.06 bits per heavy atom. The molecule has 0 unspecified atom stereocenters. The van der Waals surface area contributed by atoms with E-state index in [9.17, 15) is 8.78 Å². The minimum Gasteiger partial charge on any atom is -0.324 e. The molecule has 16 heavy (non-hydrogen) atoms. The highest BCUT2D eigenvalue weighted by molar-refractivity contribution is 9.10. The molecule has 90 valence electrons. The number of benzene rings is 1. The van der Waals surface area contributed by atoms with Crippen molar-refractivity contribution in [3.05, 3.63) is 46.5 Å². The van der Waals surface area contributed by atoms with Crippen LogP contribution in [0.5, 0.6) is 0 Å². The van der Waals surface area contributed by atoms with E-state index in [1.54, 1.807) is 6.08 Å². The Kier molecular flexibility index (Phi) is 6.79. The minimum absolute atomic E-state index is 0. The lowest BCUT2D eigenvalue weighted by molar-refractivity contribution is 0.511. The SMILES string of the molecule is C=CCC[C@H](N)c1c(F)ccc(Br)c1F.Cl. The molecule has 1 rings (SSSR count). The van der Waals surface area contributed by atoms with Crippen LogP contribution in [-0.4, -0.2) is 0 Å². The predicted molar refractivity (Wildman–Crippen MR) is 67.7 cm³/mol. The summed E-state index contributed by atoms with van der Waals surface area (Å²) in [5, 5.41) is 0. The van der Waals surface area contributed by atoms with Gasteiger partial charge in [-0.3, -0.25) is 0 Å². The highest BCUT2D eigenvalue weighted by atomic mass is 79.9. The maximum Gasteiger partial charge on any atom is 0.145 e. The Morgan fingerprint density at radius 1 is 1.44 bits per heavy atom. The third-order valence-electron chi connectivity index (χ3n) is 2.13. The second-order valence-electron chi connectivity index (χ2n) is 3.23. The van der Waals surface area contributed by atoms with Gasteiger partial charge >= 0.3 is 0 Å². The molecule has 0 saturated heterocycles. The van der Waals surface area contributed by atoms with Gasteiger partial charge in [0.05, 0.1) is 4.47 Å². The fourth-order valence-electron chi connectivity index (χ4n) is 1.32. The van der Waals surface area contributed by atoms with Crippen LogP contribution in [0.25, 0.3) is 0 Å². The molecule has 0 aliphatic heterocycles. The zero-order valence-corrected chi connectivity index (χ0v) is 11.0. The Labute approximate surface area is 108 Å². The molecular formula is C11H13BrClF2N. The van der Waals surface area contributed by atoms with E-state index in [2.05, 4.69) is 22.5 Å². The molecule has 1 aromatic rings. The second kappa shape index (κ2) is 6.99. The molecule has 1 aromatic carbocycles. The molecule has 0 radical (unpaired) electrons. The number of hydrogen-bond donors (Lipinski definition) is 1. The summed E-state index contributed by atoms with van der Waals surface area (Å²) in [6.45, 7) is 3.54. The monoisotopic (exact) mass is 311 g/mol. The number of allylic oxidation sites excluding steroid dienone is 1. The summed E-state index contributed by atoms with van der Waals surface area (Å²) < 4.78 is 27.1. The Hall–Kier alpha value is -0.450. The van der Waals surface area contributed by atoms with Gasteiger partial charge in [0.2, 0.25) is 0 Å². The number of nitrogens with two attached hydrogens (primary N) is 1. The van der Waals surface area contributed by atoms with Crippen LogP contribution in [0.1, 0.15) is 24.4 Å². The number of rotatable bonds is 4. The van der Waals surface area contributed by atoms with Crippen LogP contribution in [0.2, 0.25) is 0 Å². The highest BCUT2D eigenvalue weighted by Crippen LogP contribution is 2.27. The molecule has 0 aliphatic carbocycles. The van der Waals surface area contributed by atoms with E-state index in [0.717, 1.165) is 0 Å². The van der Waals surface area contributed by atoms with Crippen molar-refractivity contribution in [1.29, 1.82) is 0 Å². The zero-order chi connectivity index (χ0) is 11.4. The van der Waals surface area contributed by atoms with Crippen molar-refractivity contribution < 1.29 is 8.78 Å². The molecule has 2 N–H and O–H groups in total. The number of hydrogen-bond acceptors (Lipinski definition) is 1. The van der Waals surface area contributed by atoms with Gasteiger partial charge in [-0.05, 0) is 40.9 Å². The summed E-state index contributed by atoms with van der Waals surface area (Å²) in [5.74, 6) is -1.22. The van der Waals surface area contributed by atoms with Crippen LogP contribution in [0.3, 0.4) is 0 Å². The summed E-state index contributed by atoms with van der Waals surface area (Å²) in [4.78, 5) is 0. The van der Waals surface area contributed by atoms with Gasteiger partial charge in [0.15, 0.2) is 0 Å². The normalized spacial score (nSPS) is 11.8. The first kappa shape index (κ1) is 15.6. The van der Waals surface area contributed by atoms with Crippen molar-refractivity contribution in [2.75, 3.05) is 0 Å². The molecule has 1 atom stereocenters. The van der Waals surface area contributed by atoms with Gasteiger partial charge in [-0.25, -0.2) is 8.78 Å². The van der Waals surface area contributed by atoms with Gasteiger partial charge in [0, 0.05) is 11.6 Å². The third kappa shape index (κ3) is 3.54. The molecule has 0 amide bonds. The van der Waals surface area contributed by atoms with Crippen molar-refractivity contribution in [1.82, 2.24) is 0 Å². The van der Waals surface area contributed by atoms with Gasteiger partial charge in [-0.15, -0.1) is 19.0 Å². The number of halogens is 4. The first-order valence-corrected chi connectivity index (χ1v) is 5.37. The molecule has 0 heterocycles. The fraction of sp³-hybridized carbons (Fsp3) is 0.273. The van der Waals surface area contributed by atoms with Crippen molar-refractivity contribution in [2.45, 2.75) is 18.9 Å². The average Bonchev–Trinajstić information content (AvgIpc) is 2.21.